The summed E-state index contributed by atoms with van der Waals surface area (Å²) in [6, 6.07) is 5.25. The number of amides is 1. The minimum Gasteiger partial charge on any atom is -0.481 e. The second kappa shape index (κ2) is 6.02. The highest BCUT2D eigenvalue weighted by molar-refractivity contribution is 9.10. The minimum absolute atomic E-state index is 0.0756. The van der Waals surface area contributed by atoms with Gasteiger partial charge in [-0.1, -0.05) is 15.9 Å². The van der Waals surface area contributed by atoms with E-state index in [1.54, 1.807) is 39.2 Å². The highest BCUT2D eigenvalue weighted by Gasteiger charge is 2.16. The molecule has 1 unspecified atom stereocenters. The van der Waals surface area contributed by atoms with Gasteiger partial charge in [0, 0.05) is 18.6 Å². The molecule has 4 nitrogen and oxygen atoms in total. The topological polar surface area (TPSA) is 49.8 Å². The van der Waals surface area contributed by atoms with Gasteiger partial charge in [-0.2, -0.15) is 0 Å². The molecule has 5 heteroatoms. The molecule has 1 N–H and O–H groups in total. The Kier molecular flexibility index (Phi) is 4.96. The Balaban J connectivity index is 2.78. The largest absolute Gasteiger partial charge is 0.481 e. The number of likely N-dealkylation sites (N-methyl/N-ethyl adjacent to an activating group) is 1. The van der Waals surface area contributed by atoms with Gasteiger partial charge in [0.25, 0.3) is 5.91 Å². The van der Waals surface area contributed by atoms with Crippen molar-refractivity contribution in [1.82, 2.24) is 4.90 Å². The Morgan fingerprint density at radius 2 is 2.18 bits per heavy atom. The lowest BCUT2D eigenvalue weighted by molar-refractivity contribution is -0.135. The predicted octanol–water partition coefficient (Wildman–Crippen LogP) is 1.80. The normalized spacial score (nSPS) is 12.1. The molecule has 1 aromatic carbocycles. The molecule has 94 valence electrons. The Morgan fingerprint density at radius 3 is 2.71 bits per heavy atom. The highest BCUT2D eigenvalue weighted by atomic mass is 79.9. The van der Waals surface area contributed by atoms with Crippen molar-refractivity contribution in [3.63, 3.8) is 0 Å². The summed E-state index contributed by atoms with van der Waals surface area (Å²) in [7, 11) is 3.37. The minimum atomic E-state index is -0.544. The summed E-state index contributed by atoms with van der Waals surface area (Å²) < 4.78 is 6.33. The number of aliphatic hydroxyl groups is 1. The molecule has 1 atom stereocenters. The summed E-state index contributed by atoms with van der Waals surface area (Å²) in [5.74, 6) is 0.471. The lowest BCUT2D eigenvalue weighted by Crippen LogP contribution is -2.35. The van der Waals surface area contributed by atoms with Gasteiger partial charge in [-0.25, -0.2) is 0 Å². The van der Waals surface area contributed by atoms with Gasteiger partial charge in [0.1, 0.15) is 5.75 Å². The van der Waals surface area contributed by atoms with Gasteiger partial charge in [-0.15, -0.1) is 0 Å². The smallest absolute Gasteiger partial charge is 0.262 e. The van der Waals surface area contributed by atoms with E-state index in [2.05, 4.69) is 15.9 Å². The molecular weight excluding hydrogens is 286 g/mol. The molecule has 1 amide bonds. The molecule has 17 heavy (non-hydrogen) atoms. The monoisotopic (exact) mass is 301 g/mol. The number of carbonyl (C=O) groups excluding carboxylic acids is 1. The van der Waals surface area contributed by atoms with Crippen molar-refractivity contribution in [1.29, 1.82) is 0 Å². The van der Waals surface area contributed by atoms with Crippen molar-refractivity contribution in [2.45, 2.75) is 19.6 Å². The lowest BCUT2D eigenvalue weighted by Gasteiger charge is -2.18. The molecule has 0 aliphatic carbocycles. The Hall–Kier alpha value is -1.07. The van der Waals surface area contributed by atoms with Crippen LogP contribution in [0.1, 0.15) is 12.5 Å². The number of benzene rings is 1. The molecule has 0 aromatic heterocycles. The summed E-state index contributed by atoms with van der Waals surface area (Å²) in [5, 5.41) is 9.11. The number of hydrogen-bond donors (Lipinski definition) is 1. The van der Waals surface area contributed by atoms with Crippen LogP contribution in [0, 0.1) is 0 Å². The zero-order valence-corrected chi connectivity index (χ0v) is 11.7. The number of rotatable bonds is 4. The highest BCUT2D eigenvalue weighted by Crippen LogP contribution is 2.23. The fraction of sp³-hybridized carbons (Fsp3) is 0.417. The number of aliphatic hydroxyl groups excluding tert-OH is 1. The van der Waals surface area contributed by atoms with Crippen LogP contribution in [0.15, 0.2) is 22.7 Å². The summed E-state index contributed by atoms with van der Waals surface area (Å²) >= 11 is 3.32. The van der Waals surface area contributed by atoms with E-state index in [0.717, 1.165) is 10.0 Å². The quantitative estimate of drug-likeness (QED) is 0.922. The van der Waals surface area contributed by atoms with Gasteiger partial charge in [0.2, 0.25) is 0 Å². The van der Waals surface area contributed by atoms with Gasteiger partial charge >= 0.3 is 0 Å². The van der Waals surface area contributed by atoms with Crippen LogP contribution >= 0.6 is 15.9 Å². The van der Waals surface area contributed by atoms with E-state index in [1.807, 2.05) is 0 Å². The van der Waals surface area contributed by atoms with Gasteiger partial charge in [-0.05, 0) is 30.7 Å². The molecular formula is C12H16BrNO3. The first-order valence-corrected chi connectivity index (χ1v) is 6.02. The second-order valence-corrected chi connectivity index (χ2v) is 4.76. The summed E-state index contributed by atoms with van der Waals surface area (Å²) in [6.45, 7) is 1.62. The first-order chi connectivity index (χ1) is 7.95. The summed E-state index contributed by atoms with van der Waals surface area (Å²) in [4.78, 5) is 13.1. The summed E-state index contributed by atoms with van der Waals surface area (Å²) in [6.07, 6.45) is -0.544. The standard InChI is InChI=1S/C12H16BrNO3/c1-8(12(16)14(2)3)17-10-4-5-11(13)9(6-10)7-15/h4-6,8,15H,7H2,1-3H3. The molecule has 1 rings (SSSR count). The van der Waals surface area contributed by atoms with Gasteiger partial charge < -0.3 is 14.7 Å². The van der Waals surface area contributed by atoms with Gasteiger partial charge in [-0.3, -0.25) is 4.79 Å². The predicted molar refractivity (Wildman–Crippen MR) is 68.8 cm³/mol. The molecule has 0 radical (unpaired) electrons. The van der Waals surface area contributed by atoms with E-state index in [1.165, 1.54) is 4.90 Å². The third-order valence-electron chi connectivity index (χ3n) is 2.29. The number of hydrogen-bond acceptors (Lipinski definition) is 3. The average molecular weight is 302 g/mol. The number of carbonyl (C=O) groups is 1. The van der Waals surface area contributed by atoms with E-state index in [9.17, 15) is 4.79 Å². The first kappa shape index (κ1) is 14.0. The van der Waals surface area contributed by atoms with Crippen LogP contribution < -0.4 is 4.74 Å². The molecule has 0 bridgehead atoms. The molecule has 0 fully saturated rings. The van der Waals surface area contributed by atoms with Gasteiger partial charge in [0.15, 0.2) is 6.10 Å². The fourth-order valence-electron chi connectivity index (χ4n) is 1.36. The molecule has 0 saturated carbocycles. The molecule has 0 aliphatic rings. The molecule has 0 aliphatic heterocycles. The Bertz CT molecular complexity index is 407. The number of halogens is 1. The van der Waals surface area contributed by atoms with Crippen LogP contribution in [0.2, 0.25) is 0 Å². The maximum Gasteiger partial charge on any atom is 0.262 e. The van der Waals surface area contributed by atoms with Crippen LogP contribution in [0.4, 0.5) is 0 Å². The number of ether oxygens (including phenoxy) is 1. The summed E-state index contributed by atoms with van der Waals surface area (Å²) in [5.41, 5.74) is 0.729. The van der Waals surface area contributed by atoms with Crippen molar-refractivity contribution in [3.8, 4) is 5.75 Å². The maximum absolute atomic E-state index is 11.6. The van der Waals surface area contributed by atoms with E-state index < -0.39 is 6.10 Å². The van der Waals surface area contributed by atoms with E-state index in [0.29, 0.717) is 5.75 Å². The van der Waals surface area contributed by atoms with Crippen molar-refractivity contribution >= 4 is 21.8 Å². The molecule has 0 spiro atoms. The van der Waals surface area contributed by atoms with Crippen LogP contribution in [-0.2, 0) is 11.4 Å². The average Bonchev–Trinajstić information content (AvgIpc) is 2.30. The zero-order chi connectivity index (χ0) is 13.0. The molecule has 1 aromatic rings. The Morgan fingerprint density at radius 1 is 1.53 bits per heavy atom. The van der Waals surface area contributed by atoms with Crippen LogP contribution in [0.3, 0.4) is 0 Å². The first-order valence-electron chi connectivity index (χ1n) is 5.22. The second-order valence-electron chi connectivity index (χ2n) is 3.90. The fourth-order valence-corrected chi connectivity index (χ4v) is 1.74. The number of nitrogens with zero attached hydrogens (tertiary/aromatic N) is 1. The third kappa shape index (κ3) is 3.71. The van der Waals surface area contributed by atoms with Crippen LogP contribution in [0.5, 0.6) is 5.75 Å². The van der Waals surface area contributed by atoms with Crippen molar-refractivity contribution in [3.05, 3.63) is 28.2 Å². The zero-order valence-electron chi connectivity index (χ0n) is 10.1. The Labute approximate surface area is 109 Å². The van der Waals surface area contributed by atoms with E-state index in [4.69, 9.17) is 9.84 Å². The van der Waals surface area contributed by atoms with E-state index >= 15 is 0 Å². The van der Waals surface area contributed by atoms with Crippen LogP contribution in [-0.4, -0.2) is 36.1 Å². The molecule has 0 saturated heterocycles. The van der Waals surface area contributed by atoms with E-state index in [-0.39, 0.29) is 12.5 Å². The van der Waals surface area contributed by atoms with Crippen molar-refractivity contribution in [2.75, 3.05) is 14.1 Å². The van der Waals surface area contributed by atoms with Crippen molar-refractivity contribution in [2.24, 2.45) is 0 Å². The third-order valence-corrected chi connectivity index (χ3v) is 3.06. The molecule has 0 heterocycles. The maximum atomic E-state index is 11.6. The SMILES string of the molecule is CC(Oc1ccc(Br)c(CO)c1)C(=O)N(C)C. The van der Waals surface area contributed by atoms with Crippen LogP contribution in [0.25, 0.3) is 0 Å². The van der Waals surface area contributed by atoms with Crippen molar-refractivity contribution < 1.29 is 14.6 Å². The lowest BCUT2D eigenvalue weighted by atomic mass is 10.2. The van der Waals surface area contributed by atoms with Gasteiger partial charge in [0.05, 0.1) is 6.61 Å².